The highest BCUT2D eigenvalue weighted by Gasteiger charge is 2.31. The number of likely N-dealkylation sites (tertiary alicyclic amines) is 1. The highest BCUT2D eigenvalue weighted by Crippen LogP contribution is 2.33. The van der Waals surface area contributed by atoms with Gasteiger partial charge in [0.25, 0.3) is 5.91 Å². The zero-order chi connectivity index (χ0) is 24.5. The molecule has 2 saturated heterocycles. The fraction of sp³-hybridized carbons (Fsp3) is 0.478. The van der Waals surface area contributed by atoms with Gasteiger partial charge < -0.3 is 21.1 Å². The van der Waals surface area contributed by atoms with Crippen LogP contribution in [0.5, 0.6) is 0 Å². The topological polar surface area (TPSA) is 128 Å². The van der Waals surface area contributed by atoms with Crippen LogP contribution in [0.15, 0.2) is 30.9 Å². The number of rotatable bonds is 5. The van der Waals surface area contributed by atoms with Crippen LogP contribution in [-0.4, -0.2) is 98.0 Å². The molecule has 1 amide bonds. The van der Waals surface area contributed by atoms with Crippen LogP contribution in [0.2, 0.25) is 0 Å². The number of nitrogens with two attached hydrogens (primary N) is 1. The van der Waals surface area contributed by atoms with Crippen LogP contribution >= 0.6 is 0 Å². The number of piperidine rings is 1. The summed E-state index contributed by atoms with van der Waals surface area (Å²) in [5.74, 6) is -0.880. The van der Waals surface area contributed by atoms with Gasteiger partial charge in [-0.1, -0.05) is 0 Å². The number of hydrogen-bond donors (Lipinski definition) is 3. The van der Waals surface area contributed by atoms with Crippen LogP contribution < -0.4 is 11.1 Å². The van der Waals surface area contributed by atoms with Gasteiger partial charge in [-0.05, 0) is 37.4 Å². The van der Waals surface area contributed by atoms with Crippen LogP contribution in [0.4, 0.5) is 15.9 Å². The highest BCUT2D eigenvalue weighted by atomic mass is 19.1. The van der Waals surface area contributed by atoms with Crippen molar-refractivity contribution in [2.24, 2.45) is 0 Å². The van der Waals surface area contributed by atoms with Crippen molar-refractivity contribution >= 4 is 23.1 Å². The molecule has 1 atom stereocenters. The Morgan fingerprint density at radius 2 is 1.89 bits per heavy atom. The van der Waals surface area contributed by atoms with Crippen LogP contribution in [0, 0.1) is 5.82 Å². The minimum Gasteiger partial charge on any atom is -0.381 e. The van der Waals surface area contributed by atoms with E-state index in [1.807, 2.05) is 6.07 Å². The van der Waals surface area contributed by atoms with Crippen molar-refractivity contribution in [1.29, 1.82) is 0 Å². The fourth-order valence-electron chi connectivity index (χ4n) is 4.92. The minimum absolute atomic E-state index is 0.0303. The van der Waals surface area contributed by atoms with Crippen molar-refractivity contribution in [2.45, 2.75) is 25.1 Å². The summed E-state index contributed by atoms with van der Waals surface area (Å²) in [5.41, 5.74) is 7.79. The molecule has 0 aliphatic carbocycles. The van der Waals surface area contributed by atoms with Gasteiger partial charge in [0.05, 0.1) is 24.3 Å². The second-order valence-electron chi connectivity index (χ2n) is 9.21. The van der Waals surface area contributed by atoms with E-state index in [1.54, 1.807) is 12.4 Å². The lowest BCUT2D eigenvalue weighted by Gasteiger charge is -2.42. The van der Waals surface area contributed by atoms with E-state index in [2.05, 4.69) is 42.1 Å². The summed E-state index contributed by atoms with van der Waals surface area (Å²) >= 11 is 0. The molecule has 0 bridgehead atoms. The van der Waals surface area contributed by atoms with Crippen LogP contribution in [0.1, 0.15) is 34.7 Å². The first kappa shape index (κ1) is 23.5. The summed E-state index contributed by atoms with van der Waals surface area (Å²) in [5, 5.41) is 17.8. The fourth-order valence-corrected chi connectivity index (χ4v) is 4.92. The zero-order valence-corrected chi connectivity index (χ0v) is 19.6. The molecule has 2 fully saturated rings. The molecule has 0 radical (unpaired) electrons. The maximum absolute atomic E-state index is 13.5. The predicted octanol–water partition coefficient (Wildman–Crippen LogP) is 0.801. The first-order valence-corrected chi connectivity index (χ1v) is 11.8. The summed E-state index contributed by atoms with van der Waals surface area (Å²) in [7, 11) is 2.10. The largest absolute Gasteiger partial charge is 0.381 e. The summed E-state index contributed by atoms with van der Waals surface area (Å²) in [6.45, 7) is 5.12. The van der Waals surface area contributed by atoms with Gasteiger partial charge in [0.2, 0.25) is 0 Å². The van der Waals surface area contributed by atoms with Gasteiger partial charge in [0, 0.05) is 45.5 Å². The first-order valence-electron chi connectivity index (χ1n) is 11.8. The Morgan fingerprint density at radius 3 is 2.63 bits per heavy atom. The summed E-state index contributed by atoms with van der Waals surface area (Å²) < 4.78 is 14.6. The molecule has 5 heterocycles. The molecule has 1 unspecified atom stereocenters. The number of aliphatic hydroxyl groups is 1. The van der Waals surface area contributed by atoms with Gasteiger partial charge in [0.15, 0.2) is 23.6 Å². The van der Waals surface area contributed by atoms with E-state index in [4.69, 9.17) is 5.73 Å². The molecule has 0 aromatic carbocycles. The molecule has 12 heteroatoms. The average molecular weight is 484 g/mol. The number of likely N-dealkylation sites (N-methyl/N-ethyl adjacent to an activating group) is 1. The summed E-state index contributed by atoms with van der Waals surface area (Å²) in [6, 6.07) is 1.92. The molecule has 4 N–H and O–H groups in total. The molecule has 0 saturated carbocycles. The van der Waals surface area contributed by atoms with Crippen LogP contribution in [0.25, 0.3) is 5.65 Å². The molecule has 186 valence electrons. The number of pyridine rings is 1. The highest BCUT2D eigenvalue weighted by molar-refractivity contribution is 6.11. The third-order valence-electron chi connectivity index (χ3n) is 6.96. The van der Waals surface area contributed by atoms with Gasteiger partial charge in [-0.2, -0.15) is 0 Å². The molecule has 11 nitrogen and oxygen atoms in total. The zero-order valence-electron chi connectivity index (χ0n) is 19.6. The predicted molar refractivity (Wildman–Crippen MR) is 128 cm³/mol. The Balaban J connectivity index is 1.27. The van der Waals surface area contributed by atoms with E-state index in [-0.39, 0.29) is 22.9 Å². The van der Waals surface area contributed by atoms with E-state index in [9.17, 15) is 14.3 Å². The Kier molecular flexibility index (Phi) is 6.60. The quantitative estimate of drug-likeness (QED) is 0.483. The molecule has 5 rings (SSSR count). The smallest absolute Gasteiger partial charge is 0.263 e. The third-order valence-corrected chi connectivity index (χ3v) is 6.96. The Hall–Kier alpha value is -3.19. The van der Waals surface area contributed by atoms with E-state index in [0.717, 1.165) is 74.6 Å². The Morgan fingerprint density at radius 1 is 1.17 bits per heavy atom. The number of halogens is 1. The van der Waals surface area contributed by atoms with Crippen molar-refractivity contribution in [3.63, 3.8) is 0 Å². The molecule has 3 aromatic rings. The number of aliphatic hydroxyl groups excluding tert-OH is 1. The number of carbonyl (C=O) groups is 1. The number of nitrogens with zero attached hydrogens (tertiary/aromatic N) is 7. The van der Waals surface area contributed by atoms with Crippen molar-refractivity contribution < 1.29 is 14.3 Å². The third kappa shape index (κ3) is 4.82. The molecule has 35 heavy (non-hydrogen) atoms. The molecule has 3 aromatic heterocycles. The summed E-state index contributed by atoms with van der Waals surface area (Å²) in [6.07, 6.45) is 6.59. The van der Waals surface area contributed by atoms with Crippen LogP contribution in [0.3, 0.4) is 0 Å². The average Bonchev–Trinajstić information content (AvgIpc) is 3.19. The normalized spacial score (nSPS) is 19.7. The number of piperazine rings is 1. The van der Waals surface area contributed by atoms with Crippen molar-refractivity contribution in [2.75, 3.05) is 57.4 Å². The second kappa shape index (κ2) is 9.82. The van der Waals surface area contributed by atoms with Gasteiger partial charge in [-0.3, -0.25) is 19.6 Å². The number of carbonyl (C=O) groups excluding carboxylic acids is 1. The minimum atomic E-state index is -0.578. The number of hydrogen-bond acceptors (Lipinski definition) is 9. The van der Waals surface area contributed by atoms with Gasteiger partial charge in [-0.15, -0.1) is 5.10 Å². The number of fused-ring (bicyclic) bond motifs is 1. The number of anilines is 2. The lowest BCUT2D eigenvalue weighted by atomic mass is 9.89. The van der Waals surface area contributed by atoms with Gasteiger partial charge in [-0.25, -0.2) is 13.9 Å². The molecular formula is C23H30FN9O2. The second-order valence-corrected chi connectivity index (χ2v) is 9.21. The lowest BCUT2D eigenvalue weighted by molar-refractivity contribution is -0.130. The van der Waals surface area contributed by atoms with E-state index < -0.39 is 18.1 Å². The number of nitrogens with one attached hydrogen (secondary N) is 1. The van der Waals surface area contributed by atoms with Gasteiger partial charge in [0.1, 0.15) is 5.56 Å². The maximum atomic E-state index is 13.5. The Bertz CT molecular complexity index is 1200. The SMILES string of the molecule is CN1CCN(C(O)N2CCC(c3ccncc3NC(=O)c3c(N)nn4cc(F)cnc34)CC2)CC1. The maximum Gasteiger partial charge on any atom is 0.263 e. The van der Waals surface area contributed by atoms with Crippen molar-refractivity contribution in [3.05, 3.63) is 47.8 Å². The molecule has 0 spiro atoms. The van der Waals surface area contributed by atoms with E-state index in [1.165, 1.54) is 0 Å². The molecule has 2 aliphatic heterocycles. The standard InChI is InChI=1S/C23H30FN9O2/c1-30-8-10-32(11-9-30)23(35)31-6-3-15(4-7-31)17-2-5-26-13-18(17)28-22(34)19-20(25)29-33-14-16(24)12-27-21(19)33/h2,5,12-15,23,35H,3-4,6-11H2,1H3,(H2,25,29)(H,28,34). The van der Waals surface area contributed by atoms with Crippen LogP contribution in [-0.2, 0) is 0 Å². The lowest BCUT2D eigenvalue weighted by Crippen LogP contribution is -2.56. The number of amides is 1. The number of nitrogen functional groups attached to an aromatic ring is 1. The molecular weight excluding hydrogens is 453 g/mol. The molecule has 2 aliphatic rings. The van der Waals surface area contributed by atoms with Gasteiger partial charge >= 0.3 is 0 Å². The number of aromatic nitrogens is 4. The summed E-state index contributed by atoms with van der Waals surface area (Å²) in [4.78, 5) is 27.8. The van der Waals surface area contributed by atoms with E-state index in [0.29, 0.717) is 5.69 Å². The Labute approximate surface area is 202 Å². The van der Waals surface area contributed by atoms with Crippen molar-refractivity contribution in [3.8, 4) is 0 Å². The first-order chi connectivity index (χ1) is 16.9. The monoisotopic (exact) mass is 483 g/mol. The van der Waals surface area contributed by atoms with Crippen molar-refractivity contribution in [1.82, 2.24) is 34.3 Å². The van der Waals surface area contributed by atoms with E-state index >= 15 is 0 Å².